The third-order valence-electron chi connectivity index (χ3n) is 1.98. The minimum Gasteiger partial charge on any atom is -0.322 e. The molecule has 8 heteroatoms. The number of hydrogen-bond acceptors (Lipinski definition) is 4. The summed E-state index contributed by atoms with van der Waals surface area (Å²) in [6.07, 6.45) is -3.34. The Bertz CT molecular complexity index is 418. The Hall–Kier alpha value is -1.73. The van der Waals surface area contributed by atoms with Crippen molar-refractivity contribution in [2.45, 2.75) is 19.1 Å². The molecule has 86 valence electrons. The molecule has 1 unspecified atom stereocenters. The van der Waals surface area contributed by atoms with Crippen molar-refractivity contribution in [3.63, 3.8) is 0 Å². The fraction of sp³-hybridized carbons (Fsp3) is 0.500. The molecule has 0 aromatic heterocycles. The Morgan fingerprint density at radius 2 is 2.25 bits per heavy atom. The van der Waals surface area contributed by atoms with Gasteiger partial charge >= 0.3 is 6.18 Å². The van der Waals surface area contributed by atoms with Gasteiger partial charge in [0.15, 0.2) is 11.9 Å². The predicted octanol–water partition coefficient (Wildman–Crippen LogP) is 0.778. The molecule has 0 aromatic carbocycles. The first-order chi connectivity index (χ1) is 7.52. The number of nitrogens with zero attached hydrogens (tertiary/aromatic N) is 4. The second kappa shape index (κ2) is 3.69. The molecule has 0 aromatic rings. The fourth-order valence-electron chi connectivity index (χ4n) is 1.34. The average Bonchev–Trinajstić information content (AvgIpc) is 2.64. The molecular formula is C8H8F3N5. The van der Waals surface area contributed by atoms with Gasteiger partial charge in [-0.25, -0.2) is 9.98 Å². The molecule has 2 aliphatic rings. The average molecular weight is 231 g/mol. The van der Waals surface area contributed by atoms with Crippen LogP contribution >= 0.6 is 0 Å². The van der Waals surface area contributed by atoms with E-state index in [1.807, 2.05) is 0 Å². The van der Waals surface area contributed by atoms with Crippen LogP contribution in [-0.4, -0.2) is 42.6 Å². The lowest BCUT2D eigenvalue weighted by Gasteiger charge is -2.21. The Morgan fingerprint density at radius 1 is 1.50 bits per heavy atom. The summed E-state index contributed by atoms with van der Waals surface area (Å²) in [5, 5.41) is 2.11. The highest BCUT2D eigenvalue weighted by atomic mass is 19.4. The molecular weight excluding hydrogens is 223 g/mol. The van der Waals surface area contributed by atoms with E-state index in [-0.39, 0.29) is 11.7 Å². The van der Waals surface area contributed by atoms with Crippen molar-refractivity contribution in [3.8, 4) is 0 Å². The molecule has 2 aliphatic heterocycles. The van der Waals surface area contributed by atoms with Gasteiger partial charge in [0.1, 0.15) is 12.2 Å². The lowest BCUT2D eigenvalue weighted by Crippen LogP contribution is -2.50. The zero-order valence-corrected chi connectivity index (χ0v) is 8.28. The van der Waals surface area contributed by atoms with Crippen molar-refractivity contribution in [3.05, 3.63) is 0 Å². The van der Waals surface area contributed by atoms with Gasteiger partial charge in [0.2, 0.25) is 5.84 Å². The third-order valence-corrected chi connectivity index (χ3v) is 1.98. The van der Waals surface area contributed by atoms with Crippen molar-refractivity contribution in [2.75, 3.05) is 6.54 Å². The molecule has 0 saturated heterocycles. The van der Waals surface area contributed by atoms with E-state index in [1.54, 1.807) is 6.92 Å². The molecule has 0 fully saturated rings. The normalized spacial score (nSPS) is 26.2. The van der Waals surface area contributed by atoms with Crippen molar-refractivity contribution >= 4 is 23.8 Å². The molecule has 0 spiro atoms. The van der Waals surface area contributed by atoms with E-state index in [2.05, 4.69) is 25.3 Å². The SMILES string of the molecule is CCN=C1N=C(C(F)(F)F)NC2=NC=NC12. The predicted molar refractivity (Wildman–Crippen MR) is 54.3 cm³/mol. The molecule has 0 radical (unpaired) electrons. The maximum Gasteiger partial charge on any atom is 0.449 e. The van der Waals surface area contributed by atoms with Crippen LogP contribution in [0.2, 0.25) is 0 Å². The van der Waals surface area contributed by atoms with Crippen molar-refractivity contribution in [1.29, 1.82) is 0 Å². The van der Waals surface area contributed by atoms with E-state index < -0.39 is 18.1 Å². The monoisotopic (exact) mass is 231 g/mol. The number of nitrogens with one attached hydrogen (secondary N) is 1. The number of hydrogen-bond donors (Lipinski definition) is 1. The van der Waals surface area contributed by atoms with Crippen LogP contribution < -0.4 is 5.32 Å². The Balaban J connectivity index is 2.39. The molecule has 0 bridgehead atoms. The number of aliphatic imine (C=N–C) groups is 4. The first-order valence-corrected chi connectivity index (χ1v) is 4.59. The van der Waals surface area contributed by atoms with Gasteiger partial charge in [-0.05, 0) is 6.92 Å². The summed E-state index contributed by atoms with van der Waals surface area (Å²) >= 11 is 0. The molecule has 2 heterocycles. The Labute approximate surface area is 88.9 Å². The minimum absolute atomic E-state index is 0.0427. The largest absolute Gasteiger partial charge is 0.449 e. The smallest absolute Gasteiger partial charge is 0.322 e. The van der Waals surface area contributed by atoms with Crippen molar-refractivity contribution in [1.82, 2.24) is 5.32 Å². The highest BCUT2D eigenvalue weighted by Gasteiger charge is 2.42. The summed E-state index contributed by atoms with van der Waals surface area (Å²) in [6, 6.07) is -0.619. The first kappa shape index (κ1) is 10.8. The van der Waals surface area contributed by atoms with E-state index in [4.69, 9.17) is 0 Å². The number of rotatable bonds is 1. The van der Waals surface area contributed by atoms with E-state index in [0.717, 1.165) is 0 Å². The van der Waals surface area contributed by atoms with Crippen LogP contribution in [-0.2, 0) is 0 Å². The molecule has 1 atom stereocenters. The zero-order valence-electron chi connectivity index (χ0n) is 8.28. The van der Waals surface area contributed by atoms with Gasteiger partial charge in [-0.1, -0.05) is 0 Å². The standard InChI is InChI=1S/C8H8F3N5/c1-2-12-5-4-6(14-3-13-4)16-7(15-5)8(9,10)11/h3-4H,2H2,1H3,(H,12,13,14,15,16). The van der Waals surface area contributed by atoms with Crippen LogP contribution in [0, 0.1) is 0 Å². The van der Waals surface area contributed by atoms with Gasteiger partial charge in [0.25, 0.3) is 0 Å². The zero-order chi connectivity index (χ0) is 11.8. The summed E-state index contributed by atoms with van der Waals surface area (Å²) in [5.41, 5.74) is 0. The quantitative estimate of drug-likeness (QED) is 0.712. The Kier molecular flexibility index (Phi) is 2.49. The van der Waals surface area contributed by atoms with Gasteiger partial charge < -0.3 is 5.32 Å². The lowest BCUT2D eigenvalue weighted by atomic mass is 10.2. The number of alkyl halides is 3. The van der Waals surface area contributed by atoms with Crippen LogP contribution in [0.3, 0.4) is 0 Å². The van der Waals surface area contributed by atoms with Crippen LogP contribution in [0.25, 0.3) is 0 Å². The maximum atomic E-state index is 12.5. The van der Waals surface area contributed by atoms with Crippen molar-refractivity contribution in [2.24, 2.45) is 20.0 Å². The molecule has 0 saturated carbocycles. The van der Waals surface area contributed by atoms with Gasteiger partial charge in [-0.2, -0.15) is 13.2 Å². The second-order valence-electron chi connectivity index (χ2n) is 3.10. The molecule has 5 nitrogen and oxygen atoms in total. The number of amidine groups is 3. The van der Waals surface area contributed by atoms with Crippen LogP contribution in [0.1, 0.15) is 6.92 Å². The van der Waals surface area contributed by atoms with E-state index in [9.17, 15) is 13.2 Å². The molecule has 1 N–H and O–H groups in total. The Morgan fingerprint density at radius 3 is 2.88 bits per heavy atom. The first-order valence-electron chi connectivity index (χ1n) is 4.59. The van der Waals surface area contributed by atoms with Crippen molar-refractivity contribution < 1.29 is 13.2 Å². The minimum atomic E-state index is -4.54. The molecule has 0 amide bonds. The molecule has 16 heavy (non-hydrogen) atoms. The summed E-state index contributed by atoms with van der Waals surface area (Å²) in [4.78, 5) is 14.9. The van der Waals surface area contributed by atoms with Crippen LogP contribution in [0.4, 0.5) is 13.2 Å². The third kappa shape index (κ3) is 1.82. The van der Waals surface area contributed by atoms with Crippen LogP contribution in [0.15, 0.2) is 20.0 Å². The van der Waals surface area contributed by atoms with Gasteiger partial charge in [0, 0.05) is 6.54 Å². The molecule has 0 aliphatic carbocycles. The summed E-state index contributed by atoms with van der Waals surface area (Å²) in [6.45, 7) is 2.07. The van der Waals surface area contributed by atoms with Crippen LogP contribution in [0.5, 0.6) is 0 Å². The number of halogens is 3. The maximum absolute atomic E-state index is 12.5. The summed E-state index contributed by atoms with van der Waals surface area (Å²) in [5.74, 6) is -0.934. The summed E-state index contributed by atoms with van der Waals surface area (Å²) < 4.78 is 37.4. The van der Waals surface area contributed by atoms with E-state index in [1.165, 1.54) is 6.34 Å². The van der Waals surface area contributed by atoms with E-state index >= 15 is 0 Å². The van der Waals surface area contributed by atoms with Gasteiger partial charge in [0.05, 0.1) is 0 Å². The molecule has 2 rings (SSSR count). The highest BCUT2D eigenvalue weighted by Crippen LogP contribution is 2.20. The van der Waals surface area contributed by atoms with E-state index in [0.29, 0.717) is 6.54 Å². The second-order valence-corrected chi connectivity index (χ2v) is 3.10. The van der Waals surface area contributed by atoms with Gasteiger partial charge in [-0.3, -0.25) is 9.98 Å². The lowest BCUT2D eigenvalue weighted by molar-refractivity contribution is -0.0609. The topological polar surface area (TPSA) is 61.5 Å². The highest BCUT2D eigenvalue weighted by molar-refractivity contribution is 6.25. The van der Waals surface area contributed by atoms with Gasteiger partial charge in [-0.15, -0.1) is 0 Å². The fourth-order valence-corrected chi connectivity index (χ4v) is 1.34. The summed E-state index contributed by atoms with van der Waals surface area (Å²) in [7, 11) is 0. The number of fused-ring (bicyclic) bond motifs is 1.